The summed E-state index contributed by atoms with van der Waals surface area (Å²) in [6.45, 7) is 5.64. The minimum absolute atomic E-state index is 0.350. The highest BCUT2D eigenvalue weighted by Crippen LogP contribution is 2.36. The van der Waals surface area contributed by atoms with Crippen LogP contribution >= 0.6 is 0 Å². The van der Waals surface area contributed by atoms with Gasteiger partial charge in [-0.15, -0.1) is 0 Å². The first-order valence-electron chi connectivity index (χ1n) is 10.3. The van der Waals surface area contributed by atoms with E-state index in [1.54, 1.807) is 4.68 Å². The van der Waals surface area contributed by atoms with Crippen LogP contribution in [0.2, 0.25) is 0 Å². The lowest BCUT2D eigenvalue weighted by molar-refractivity contribution is 0.368. The van der Waals surface area contributed by atoms with Gasteiger partial charge in [-0.25, -0.2) is 19.4 Å². The van der Waals surface area contributed by atoms with Gasteiger partial charge in [-0.3, -0.25) is 0 Å². The van der Waals surface area contributed by atoms with Crippen LogP contribution in [0.3, 0.4) is 0 Å². The lowest BCUT2D eigenvalue weighted by atomic mass is 9.92. The Morgan fingerprint density at radius 1 is 1.19 bits per heavy atom. The number of rotatable bonds is 3. The van der Waals surface area contributed by atoms with Crippen LogP contribution in [0.25, 0.3) is 27.4 Å². The number of hydrogen-bond donors (Lipinski definition) is 1. The van der Waals surface area contributed by atoms with Crippen LogP contribution in [0.1, 0.15) is 36.4 Å². The molecule has 3 aromatic heterocycles. The Hall–Kier alpha value is -3.52. The van der Waals surface area contributed by atoms with Crippen LogP contribution < -0.4 is 11.4 Å². The van der Waals surface area contributed by atoms with Crippen LogP contribution in [0.5, 0.6) is 0 Å². The number of likely N-dealkylation sites (N-methyl/N-ethyl adjacent to an activating group) is 1. The van der Waals surface area contributed by atoms with Gasteiger partial charge in [0.1, 0.15) is 23.9 Å². The van der Waals surface area contributed by atoms with E-state index in [1.807, 2.05) is 38.1 Å². The topological polar surface area (TPSA) is 103 Å². The highest BCUT2D eigenvalue weighted by molar-refractivity contribution is 5.94. The lowest BCUT2D eigenvalue weighted by Gasteiger charge is -2.25. The third-order valence-corrected chi connectivity index (χ3v) is 6.04. The average molecular weight is 416 g/mol. The highest BCUT2D eigenvalue weighted by atomic mass is 16.4. The van der Waals surface area contributed by atoms with Crippen molar-refractivity contribution in [3.63, 3.8) is 0 Å². The number of aryl methyl sites for hydroxylation is 1. The van der Waals surface area contributed by atoms with Crippen LogP contribution in [0.4, 0.5) is 5.82 Å². The van der Waals surface area contributed by atoms with E-state index in [2.05, 4.69) is 33.1 Å². The van der Waals surface area contributed by atoms with E-state index in [0.29, 0.717) is 22.6 Å². The van der Waals surface area contributed by atoms with Crippen LogP contribution in [-0.2, 0) is 0 Å². The van der Waals surface area contributed by atoms with Gasteiger partial charge in [-0.05, 0) is 44.3 Å². The molecule has 1 aromatic carbocycles. The van der Waals surface area contributed by atoms with Gasteiger partial charge in [-0.1, -0.05) is 24.3 Å². The molecule has 4 heterocycles. The highest BCUT2D eigenvalue weighted by Gasteiger charge is 2.26. The van der Waals surface area contributed by atoms with Gasteiger partial charge in [0, 0.05) is 18.7 Å². The quantitative estimate of drug-likeness (QED) is 0.547. The minimum atomic E-state index is -0.363. The summed E-state index contributed by atoms with van der Waals surface area (Å²) in [5, 5.41) is 6.89. The van der Waals surface area contributed by atoms with Gasteiger partial charge in [0.15, 0.2) is 5.65 Å². The predicted octanol–water partition coefficient (Wildman–Crippen LogP) is 3.15. The molecule has 0 saturated heterocycles. The summed E-state index contributed by atoms with van der Waals surface area (Å²) in [5.74, 6) is 0.972. The summed E-state index contributed by atoms with van der Waals surface area (Å²) in [5.41, 5.74) is 9.24. The second-order valence-corrected chi connectivity index (χ2v) is 8.08. The molecule has 2 N–H and O–H groups in total. The van der Waals surface area contributed by atoms with E-state index in [0.717, 1.165) is 41.5 Å². The second kappa shape index (κ2) is 7.31. The van der Waals surface area contributed by atoms with Gasteiger partial charge in [0.05, 0.1) is 16.5 Å². The SMILES string of the molecule is Cc1nn(C(C)c2oc(=O)c3ccccc3c2C2=CCN(C)CC2)c2ncnc(N)c12. The van der Waals surface area contributed by atoms with Crippen molar-refractivity contribution in [3.8, 4) is 0 Å². The predicted molar refractivity (Wildman–Crippen MR) is 121 cm³/mol. The Balaban J connectivity index is 1.78. The Bertz CT molecular complexity index is 1400. The monoisotopic (exact) mass is 416 g/mol. The summed E-state index contributed by atoms with van der Waals surface area (Å²) in [6, 6.07) is 7.26. The van der Waals surface area contributed by atoms with E-state index in [9.17, 15) is 4.79 Å². The molecule has 4 aromatic rings. The first-order valence-corrected chi connectivity index (χ1v) is 10.3. The van der Waals surface area contributed by atoms with E-state index in [1.165, 1.54) is 11.9 Å². The van der Waals surface area contributed by atoms with Crippen molar-refractivity contribution < 1.29 is 4.42 Å². The van der Waals surface area contributed by atoms with Crippen LogP contribution in [0.15, 0.2) is 45.9 Å². The Morgan fingerprint density at radius 2 is 1.97 bits per heavy atom. The lowest BCUT2D eigenvalue weighted by Crippen LogP contribution is -2.24. The van der Waals surface area contributed by atoms with Gasteiger partial charge < -0.3 is 15.1 Å². The van der Waals surface area contributed by atoms with Crippen LogP contribution in [0, 0.1) is 6.92 Å². The van der Waals surface area contributed by atoms with Crippen molar-refractivity contribution in [1.82, 2.24) is 24.6 Å². The number of benzene rings is 1. The fourth-order valence-corrected chi connectivity index (χ4v) is 4.39. The van der Waals surface area contributed by atoms with Crippen LogP contribution in [-0.4, -0.2) is 44.8 Å². The molecule has 158 valence electrons. The zero-order chi connectivity index (χ0) is 21.7. The molecule has 0 spiro atoms. The normalized spacial score (nSPS) is 16.0. The van der Waals surface area contributed by atoms with E-state index in [-0.39, 0.29) is 11.7 Å². The second-order valence-electron chi connectivity index (χ2n) is 8.08. The number of aromatic nitrogens is 4. The molecule has 8 nitrogen and oxygen atoms in total. The van der Waals surface area contributed by atoms with Crippen molar-refractivity contribution in [2.45, 2.75) is 26.3 Å². The molecule has 0 bridgehead atoms. The maximum absolute atomic E-state index is 12.9. The maximum Gasteiger partial charge on any atom is 0.343 e. The average Bonchev–Trinajstić information content (AvgIpc) is 3.12. The molecule has 0 radical (unpaired) electrons. The van der Waals surface area contributed by atoms with Gasteiger partial charge in [0.2, 0.25) is 0 Å². The summed E-state index contributed by atoms with van der Waals surface area (Å²) in [7, 11) is 2.10. The Labute approximate surface area is 179 Å². The zero-order valence-corrected chi connectivity index (χ0v) is 17.8. The molecular weight excluding hydrogens is 392 g/mol. The summed E-state index contributed by atoms with van der Waals surface area (Å²) in [6.07, 6.45) is 4.52. The van der Waals surface area contributed by atoms with E-state index >= 15 is 0 Å². The van der Waals surface area contributed by atoms with Crippen molar-refractivity contribution >= 4 is 33.2 Å². The maximum atomic E-state index is 12.9. The summed E-state index contributed by atoms with van der Waals surface area (Å²) in [4.78, 5) is 23.6. The molecule has 1 atom stereocenters. The molecule has 1 aliphatic rings. The third kappa shape index (κ3) is 3.11. The number of nitrogens with two attached hydrogens (primary N) is 1. The van der Waals surface area contributed by atoms with Gasteiger partial charge >= 0.3 is 5.63 Å². The molecule has 1 aliphatic heterocycles. The Morgan fingerprint density at radius 3 is 2.71 bits per heavy atom. The summed E-state index contributed by atoms with van der Waals surface area (Å²) >= 11 is 0. The zero-order valence-electron chi connectivity index (χ0n) is 17.8. The molecular formula is C23H24N6O2. The molecule has 0 saturated carbocycles. The minimum Gasteiger partial charge on any atom is -0.424 e. The fourth-order valence-electron chi connectivity index (χ4n) is 4.39. The van der Waals surface area contributed by atoms with Crippen molar-refractivity contribution in [3.05, 3.63) is 64.1 Å². The number of nitrogens with zero attached hydrogens (tertiary/aromatic N) is 5. The first-order chi connectivity index (χ1) is 15.0. The Kier molecular flexibility index (Phi) is 4.59. The van der Waals surface area contributed by atoms with Gasteiger partial charge in [-0.2, -0.15) is 5.10 Å². The largest absolute Gasteiger partial charge is 0.424 e. The molecule has 1 unspecified atom stereocenters. The van der Waals surface area contributed by atoms with Crippen molar-refractivity contribution in [2.75, 3.05) is 25.9 Å². The van der Waals surface area contributed by atoms with Crippen molar-refractivity contribution in [2.24, 2.45) is 0 Å². The number of anilines is 1. The molecule has 5 rings (SSSR count). The molecule has 8 heteroatoms. The third-order valence-electron chi connectivity index (χ3n) is 6.04. The molecule has 0 amide bonds. The molecule has 0 fully saturated rings. The first kappa shape index (κ1) is 19.4. The molecule has 0 aliphatic carbocycles. The number of fused-ring (bicyclic) bond motifs is 2. The summed E-state index contributed by atoms with van der Waals surface area (Å²) < 4.78 is 7.73. The smallest absolute Gasteiger partial charge is 0.343 e. The van der Waals surface area contributed by atoms with E-state index in [4.69, 9.17) is 10.2 Å². The van der Waals surface area contributed by atoms with E-state index < -0.39 is 0 Å². The van der Waals surface area contributed by atoms with Crippen molar-refractivity contribution in [1.29, 1.82) is 0 Å². The number of hydrogen-bond acceptors (Lipinski definition) is 7. The standard InChI is InChI=1S/C23H24N6O2/c1-13-18-21(24)25-12-26-22(18)29(27-13)14(2)20-19(15-8-10-28(3)11-9-15)16-6-4-5-7-17(16)23(30)31-20/h4-8,12,14H,9-11H2,1-3H3,(H2,24,25,26). The number of nitrogen functional groups attached to an aromatic ring is 1. The molecule has 31 heavy (non-hydrogen) atoms. The van der Waals surface area contributed by atoms with Gasteiger partial charge in [0.25, 0.3) is 0 Å². The fraction of sp³-hybridized carbons (Fsp3) is 0.304.